The molecule has 0 heterocycles. The van der Waals surface area contributed by atoms with Gasteiger partial charge in [0.15, 0.2) is 6.61 Å². The van der Waals surface area contributed by atoms with Gasteiger partial charge in [-0.15, -0.1) is 0 Å². The van der Waals surface area contributed by atoms with Crippen molar-refractivity contribution in [2.24, 2.45) is 0 Å². The molecule has 1 N–H and O–H groups in total. The maximum Gasteiger partial charge on any atom is 0.262 e. The minimum absolute atomic E-state index is 0.0109. The zero-order chi connectivity index (χ0) is 17.7. The normalized spacial score (nSPS) is 11.0. The lowest BCUT2D eigenvalue weighted by atomic mass is 9.87. The zero-order valence-electron chi connectivity index (χ0n) is 15.1. The first kappa shape index (κ1) is 17.9. The summed E-state index contributed by atoms with van der Waals surface area (Å²) in [4.78, 5) is 14.1. The van der Waals surface area contributed by atoms with Gasteiger partial charge in [0.2, 0.25) is 0 Å². The monoisotopic (exact) mass is 326 g/mol. The van der Waals surface area contributed by atoms with E-state index >= 15 is 0 Å². The summed E-state index contributed by atoms with van der Waals surface area (Å²) in [6.45, 7) is 6.44. The lowest BCUT2D eigenvalue weighted by molar-refractivity contribution is -0.118. The predicted molar refractivity (Wildman–Crippen MR) is 100 cm³/mol. The highest BCUT2D eigenvalue weighted by Crippen LogP contribution is 2.25. The molecule has 128 valence electrons. The van der Waals surface area contributed by atoms with E-state index in [1.807, 2.05) is 61.5 Å². The van der Waals surface area contributed by atoms with Gasteiger partial charge < -0.3 is 15.0 Å². The number of rotatable bonds is 5. The first-order chi connectivity index (χ1) is 11.3. The van der Waals surface area contributed by atoms with Crippen molar-refractivity contribution < 1.29 is 9.53 Å². The van der Waals surface area contributed by atoms with Gasteiger partial charge in [-0.3, -0.25) is 4.79 Å². The number of nitrogens with zero attached hydrogens (tertiary/aromatic N) is 1. The SMILES string of the molecule is CN(C)c1ccc(NC(=O)COc2cccc(C(C)(C)C)c2)cc1. The Morgan fingerprint density at radius 3 is 2.33 bits per heavy atom. The molecular weight excluding hydrogens is 300 g/mol. The highest BCUT2D eigenvalue weighted by Gasteiger charge is 2.14. The van der Waals surface area contributed by atoms with Crippen molar-refractivity contribution in [3.63, 3.8) is 0 Å². The molecule has 0 bridgehead atoms. The predicted octanol–water partition coefficient (Wildman–Crippen LogP) is 4.07. The van der Waals surface area contributed by atoms with E-state index in [0.29, 0.717) is 5.75 Å². The van der Waals surface area contributed by atoms with E-state index in [0.717, 1.165) is 11.4 Å². The van der Waals surface area contributed by atoms with Gasteiger partial charge in [0, 0.05) is 25.5 Å². The fourth-order valence-electron chi connectivity index (χ4n) is 2.24. The van der Waals surface area contributed by atoms with Gasteiger partial charge in [-0.05, 0) is 47.4 Å². The van der Waals surface area contributed by atoms with E-state index in [-0.39, 0.29) is 17.9 Å². The van der Waals surface area contributed by atoms with Crippen LogP contribution in [0.2, 0.25) is 0 Å². The Kier molecular flexibility index (Phi) is 5.50. The maximum atomic E-state index is 12.0. The Labute approximate surface area is 144 Å². The third-order valence-corrected chi connectivity index (χ3v) is 3.74. The van der Waals surface area contributed by atoms with Gasteiger partial charge in [-0.25, -0.2) is 0 Å². The molecule has 0 atom stereocenters. The van der Waals surface area contributed by atoms with E-state index < -0.39 is 0 Å². The van der Waals surface area contributed by atoms with Crippen molar-refractivity contribution in [3.05, 3.63) is 54.1 Å². The first-order valence-electron chi connectivity index (χ1n) is 8.06. The summed E-state index contributed by atoms with van der Waals surface area (Å²) in [5.74, 6) is 0.536. The van der Waals surface area contributed by atoms with Crippen LogP contribution in [0.1, 0.15) is 26.3 Å². The van der Waals surface area contributed by atoms with Gasteiger partial charge in [-0.1, -0.05) is 32.9 Å². The fourth-order valence-corrected chi connectivity index (χ4v) is 2.24. The number of hydrogen-bond donors (Lipinski definition) is 1. The molecule has 1 amide bonds. The number of hydrogen-bond acceptors (Lipinski definition) is 3. The Balaban J connectivity index is 1.91. The van der Waals surface area contributed by atoms with E-state index in [1.165, 1.54) is 5.56 Å². The second kappa shape index (κ2) is 7.39. The molecular formula is C20H26N2O2. The molecule has 0 fully saturated rings. The van der Waals surface area contributed by atoms with Gasteiger partial charge >= 0.3 is 0 Å². The molecule has 0 aromatic heterocycles. The molecule has 0 aliphatic heterocycles. The summed E-state index contributed by atoms with van der Waals surface area (Å²) >= 11 is 0. The summed E-state index contributed by atoms with van der Waals surface area (Å²) in [6, 6.07) is 15.6. The van der Waals surface area contributed by atoms with Crippen molar-refractivity contribution in [2.45, 2.75) is 26.2 Å². The van der Waals surface area contributed by atoms with Gasteiger partial charge in [0.05, 0.1) is 0 Å². The number of ether oxygens (including phenoxy) is 1. The van der Waals surface area contributed by atoms with Crippen molar-refractivity contribution in [2.75, 3.05) is 30.9 Å². The Morgan fingerprint density at radius 1 is 1.08 bits per heavy atom. The van der Waals surface area contributed by atoms with Gasteiger partial charge in [0.25, 0.3) is 5.91 Å². The number of anilines is 2. The van der Waals surface area contributed by atoms with Crippen LogP contribution in [0.15, 0.2) is 48.5 Å². The van der Waals surface area contributed by atoms with Gasteiger partial charge in [-0.2, -0.15) is 0 Å². The molecule has 0 saturated carbocycles. The Morgan fingerprint density at radius 2 is 1.75 bits per heavy atom. The highest BCUT2D eigenvalue weighted by molar-refractivity contribution is 5.92. The summed E-state index contributed by atoms with van der Waals surface area (Å²) in [5.41, 5.74) is 3.08. The van der Waals surface area contributed by atoms with E-state index in [1.54, 1.807) is 0 Å². The standard InChI is InChI=1S/C20H26N2O2/c1-20(2,3)15-7-6-8-18(13-15)24-14-19(23)21-16-9-11-17(12-10-16)22(4)5/h6-13H,14H2,1-5H3,(H,21,23). The van der Waals surface area contributed by atoms with Crippen molar-refractivity contribution in [1.82, 2.24) is 0 Å². The number of benzene rings is 2. The number of carbonyl (C=O) groups excluding carboxylic acids is 1. The first-order valence-corrected chi connectivity index (χ1v) is 8.06. The molecule has 0 radical (unpaired) electrons. The Bertz CT molecular complexity index is 686. The number of amides is 1. The van der Waals surface area contributed by atoms with Crippen molar-refractivity contribution in [3.8, 4) is 5.75 Å². The largest absolute Gasteiger partial charge is 0.484 e. The van der Waals surface area contributed by atoms with Crippen LogP contribution in [0, 0.1) is 0 Å². The van der Waals surface area contributed by atoms with E-state index in [4.69, 9.17) is 4.74 Å². The van der Waals surface area contributed by atoms with Crippen LogP contribution in [0.25, 0.3) is 0 Å². The molecule has 4 heteroatoms. The second-order valence-corrected chi connectivity index (χ2v) is 7.06. The molecule has 0 spiro atoms. The van der Waals surface area contributed by atoms with Crippen LogP contribution in [0.3, 0.4) is 0 Å². The van der Waals surface area contributed by atoms with Gasteiger partial charge in [0.1, 0.15) is 5.75 Å². The number of carbonyl (C=O) groups is 1. The average Bonchev–Trinajstić information content (AvgIpc) is 2.53. The van der Waals surface area contributed by atoms with Crippen LogP contribution >= 0.6 is 0 Å². The molecule has 2 rings (SSSR count). The summed E-state index contributed by atoms with van der Waals surface area (Å²) in [5, 5.41) is 2.84. The Hall–Kier alpha value is -2.49. The quantitative estimate of drug-likeness (QED) is 0.900. The lowest BCUT2D eigenvalue weighted by Crippen LogP contribution is -2.20. The van der Waals surface area contributed by atoms with E-state index in [2.05, 4.69) is 32.2 Å². The van der Waals surface area contributed by atoms with Crippen molar-refractivity contribution >= 4 is 17.3 Å². The second-order valence-electron chi connectivity index (χ2n) is 7.06. The highest BCUT2D eigenvalue weighted by atomic mass is 16.5. The molecule has 2 aromatic rings. The molecule has 0 aliphatic carbocycles. The van der Waals surface area contributed by atoms with Crippen LogP contribution in [-0.4, -0.2) is 26.6 Å². The lowest BCUT2D eigenvalue weighted by Gasteiger charge is -2.19. The third kappa shape index (κ3) is 5.01. The maximum absolute atomic E-state index is 12.0. The molecule has 0 saturated heterocycles. The van der Waals surface area contributed by atoms with E-state index in [9.17, 15) is 4.79 Å². The summed E-state index contributed by atoms with van der Waals surface area (Å²) in [6.07, 6.45) is 0. The minimum Gasteiger partial charge on any atom is -0.484 e. The van der Waals surface area contributed by atoms with Crippen LogP contribution in [0.5, 0.6) is 5.75 Å². The van der Waals surface area contributed by atoms with Crippen LogP contribution < -0.4 is 15.0 Å². The molecule has 4 nitrogen and oxygen atoms in total. The molecule has 24 heavy (non-hydrogen) atoms. The topological polar surface area (TPSA) is 41.6 Å². The smallest absolute Gasteiger partial charge is 0.262 e. The zero-order valence-corrected chi connectivity index (χ0v) is 15.1. The summed E-state index contributed by atoms with van der Waals surface area (Å²) in [7, 11) is 3.96. The molecule has 2 aromatic carbocycles. The molecule has 0 aliphatic rings. The average molecular weight is 326 g/mol. The number of nitrogens with one attached hydrogen (secondary N) is 1. The minimum atomic E-state index is -0.172. The van der Waals surface area contributed by atoms with Crippen LogP contribution in [0.4, 0.5) is 11.4 Å². The van der Waals surface area contributed by atoms with Crippen molar-refractivity contribution in [1.29, 1.82) is 0 Å². The van der Waals surface area contributed by atoms with Crippen LogP contribution in [-0.2, 0) is 10.2 Å². The summed E-state index contributed by atoms with van der Waals surface area (Å²) < 4.78 is 5.62. The third-order valence-electron chi connectivity index (χ3n) is 3.74. The fraction of sp³-hybridized carbons (Fsp3) is 0.350. The molecule has 0 unspecified atom stereocenters.